The second kappa shape index (κ2) is 15.9. The molecule has 0 bridgehead atoms. The zero-order valence-corrected chi connectivity index (χ0v) is 23.1. The molecule has 2 fully saturated rings. The normalized spacial score (nSPS) is 22.1. The van der Waals surface area contributed by atoms with Gasteiger partial charge in [-0.25, -0.2) is 0 Å². The van der Waals surface area contributed by atoms with Gasteiger partial charge in [0.05, 0.1) is 0 Å². The molecule has 6 nitrogen and oxygen atoms in total. The van der Waals surface area contributed by atoms with Gasteiger partial charge in [0.2, 0.25) is 11.8 Å². The lowest BCUT2D eigenvalue weighted by molar-refractivity contribution is -0.144. The van der Waals surface area contributed by atoms with E-state index in [0.29, 0.717) is 6.42 Å². The zero-order valence-electron chi connectivity index (χ0n) is 23.1. The SMILES string of the molecule is CCCCCCCCCCCCC1CC(=O)N(C2CC(C)(C)NC(C)(C)C2)C1=O.NCCCN. The van der Waals surface area contributed by atoms with Crippen molar-refractivity contribution in [3.05, 3.63) is 0 Å². The number of hydrogen-bond acceptors (Lipinski definition) is 5. The first-order valence-corrected chi connectivity index (χ1v) is 14.1. The maximum Gasteiger partial charge on any atom is 0.233 e. The molecule has 0 aliphatic carbocycles. The number of nitrogens with one attached hydrogen (secondary N) is 1. The second-order valence-corrected chi connectivity index (χ2v) is 11.9. The molecular formula is C28H56N4O2. The topological polar surface area (TPSA) is 101 Å². The zero-order chi connectivity index (χ0) is 25.6. The Bertz CT molecular complexity index is 573. The Morgan fingerprint density at radius 2 is 1.26 bits per heavy atom. The van der Waals surface area contributed by atoms with Crippen LogP contribution in [0.2, 0.25) is 0 Å². The highest BCUT2D eigenvalue weighted by atomic mass is 16.2. The van der Waals surface area contributed by atoms with Crippen LogP contribution in [0.15, 0.2) is 0 Å². The summed E-state index contributed by atoms with van der Waals surface area (Å²) in [7, 11) is 0. The fourth-order valence-electron chi connectivity index (χ4n) is 5.77. The van der Waals surface area contributed by atoms with E-state index in [0.717, 1.165) is 45.2 Å². The van der Waals surface area contributed by atoms with Gasteiger partial charge in [0.1, 0.15) is 0 Å². The van der Waals surface area contributed by atoms with Crippen molar-refractivity contribution in [2.75, 3.05) is 13.1 Å². The Balaban J connectivity index is 0.00000104. The van der Waals surface area contributed by atoms with Crippen LogP contribution in [0.1, 0.15) is 131 Å². The number of imide groups is 1. The van der Waals surface area contributed by atoms with E-state index in [-0.39, 0.29) is 34.9 Å². The van der Waals surface area contributed by atoms with Gasteiger partial charge in [-0.05, 0) is 66.5 Å². The third-order valence-corrected chi connectivity index (χ3v) is 7.12. The minimum Gasteiger partial charge on any atom is -0.330 e. The van der Waals surface area contributed by atoms with Gasteiger partial charge in [-0.15, -0.1) is 0 Å². The smallest absolute Gasteiger partial charge is 0.233 e. The van der Waals surface area contributed by atoms with E-state index < -0.39 is 0 Å². The second-order valence-electron chi connectivity index (χ2n) is 11.9. The molecule has 34 heavy (non-hydrogen) atoms. The largest absolute Gasteiger partial charge is 0.330 e. The van der Waals surface area contributed by atoms with Gasteiger partial charge in [-0.2, -0.15) is 0 Å². The monoisotopic (exact) mass is 480 g/mol. The van der Waals surface area contributed by atoms with Crippen molar-refractivity contribution in [2.24, 2.45) is 17.4 Å². The predicted molar refractivity (Wildman–Crippen MR) is 143 cm³/mol. The van der Waals surface area contributed by atoms with Gasteiger partial charge in [0.25, 0.3) is 0 Å². The molecule has 0 radical (unpaired) electrons. The Labute approximate surface area is 210 Å². The van der Waals surface area contributed by atoms with Crippen LogP contribution in [-0.2, 0) is 9.59 Å². The molecule has 1 unspecified atom stereocenters. The van der Waals surface area contributed by atoms with Gasteiger partial charge in [-0.1, -0.05) is 71.1 Å². The van der Waals surface area contributed by atoms with Crippen molar-refractivity contribution in [1.29, 1.82) is 0 Å². The van der Waals surface area contributed by atoms with Crippen molar-refractivity contribution in [3.63, 3.8) is 0 Å². The summed E-state index contributed by atoms with van der Waals surface area (Å²) in [6, 6.07) is 0.0407. The Morgan fingerprint density at radius 3 is 1.71 bits per heavy atom. The third kappa shape index (κ3) is 11.6. The molecule has 5 N–H and O–H groups in total. The lowest BCUT2D eigenvalue weighted by Crippen LogP contribution is -2.62. The van der Waals surface area contributed by atoms with Gasteiger partial charge >= 0.3 is 0 Å². The average molecular weight is 481 g/mol. The highest BCUT2D eigenvalue weighted by Gasteiger charge is 2.47. The maximum atomic E-state index is 13.0. The number of nitrogens with two attached hydrogens (primary N) is 2. The summed E-state index contributed by atoms with van der Waals surface area (Å²) in [5.41, 5.74) is 10.0. The quantitative estimate of drug-likeness (QED) is 0.232. The van der Waals surface area contributed by atoms with E-state index >= 15 is 0 Å². The summed E-state index contributed by atoms with van der Waals surface area (Å²) >= 11 is 0. The number of nitrogens with zero attached hydrogens (tertiary/aromatic N) is 1. The molecule has 2 amide bonds. The molecular weight excluding hydrogens is 424 g/mol. The third-order valence-electron chi connectivity index (χ3n) is 7.12. The van der Waals surface area contributed by atoms with Gasteiger partial charge in [0.15, 0.2) is 0 Å². The predicted octanol–water partition coefficient (Wildman–Crippen LogP) is 5.28. The lowest BCUT2D eigenvalue weighted by Gasteiger charge is -2.48. The summed E-state index contributed by atoms with van der Waals surface area (Å²) in [4.78, 5) is 27.3. The molecule has 2 saturated heterocycles. The number of amides is 2. The minimum absolute atomic E-state index is 0.0407. The highest BCUT2D eigenvalue weighted by Crippen LogP contribution is 2.36. The summed E-state index contributed by atoms with van der Waals surface area (Å²) in [6.45, 7) is 12.4. The number of piperidine rings is 1. The summed E-state index contributed by atoms with van der Waals surface area (Å²) in [6.07, 6.45) is 17.0. The minimum atomic E-state index is -0.0716. The molecule has 200 valence electrons. The molecule has 0 aromatic carbocycles. The Morgan fingerprint density at radius 1 is 0.794 bits per heavy atom. The molecule has 0 aromatic rings. The fourth-order valence-corrected chi connectivity index (χ4v) is 5.77. The number of unbranched alkanes of at least 4 members (excludes halogenated alkanes) is 9. The van der Waals surface area contributed by atoms with Crippen LogP contribution >= 0.6 is 0 Å². The van der Waals surface area contributed by atoms with E-state index in [9.17, 15) is 9.59 Å². The number of carbonyl (C=O) groups is 2. The first kappa shape index (κ1) is 31.1. The van der Waals surface area contributed by atoms with Crippen molar-refractivity contribution in [2.45, 2.75) is 148 Å². The Hall–Kier alpha value is -0.980. The lowest BCUT2D eigenvalue weighted by atomic mass is 9.79. The van der Waals surface area contributed by atoms with Gasteiger partial charge in [-0.3, -0.25) is 14.5 Å². The van der Waals surface area contributed by atoms with E-state index in [1.54, 1.807) is 4.90 Å². The highest BCUT2D eigenvalue weighted by molar-refractivity contribution is 6.03. The fraction of sp³-hybridized carbons (Fsp3) is 0.929. The van der Waals surface area contributed by atoms with E-state index in [4.69, 9.17) is 11.5 Å². The Kier molecular flexibility index (Phi) is 14.5. The number of likely N-dealkylation sites (tertiary alicyclic amines) is 1. The van der Waals surface area contributed by atoms with Crippen LogP contribution in [0.4, 0.5) is 0 Å². The van der Waals surface area contributed by atoms with Crippen LogP contribution in [0.25, 0.3) is 0 Å². The first-order valence-electron chi connectivity index (χ1n) is 14.1. The van der Waals surface area contributed by atoms with Gasteiger partial charge < -0.3 is 16.8 Å². The molecule has 6 heteroatoms. The van der Waals surface area contributed by atoms with E-state index in [1.165, 1.54) is 57.8 Å². The summed E-state index contributed by atoms with van der Waals surface area (Å²) in [5, 5.41) is 3.65. The van der Waals surface area contributed by atoms with Crippen LogP contribution in [0, 0.1) is 5.92 Å². The van der Waals surface area contributed by atoms with Gasteiger partial charge in [0, 0.05) is 29.5 Å². The van der Waals surface area contributed by atoms with Crippen LogP contribution < -0.4 is 16.8 Å². The molecule has 0 aromatic heterocycles. The molecule has 2 aliphatic heterocycles. The van der Waals surface area contributed by atoms with Crippen LogP contribution in [0.3, 0.4) is 0 Å². The van der Waals surface area contributed by atoms with E-state index in [1.807, 2.05) is 0 Å². The number of rotatable bonds is 14. The standard InChI is InChI=1S/C25H46N2O2.C3H10N2/c1-6-7-8-9-10-11-12-13-14-15-16-20-17-22(28)27(23(20)29)21-18-24(2,3)26-25(4,5)19-21;4-2-1-3-5/h20-21,26H,6-19H2,1-5H3;1-5H2. The van der Waals surface area contributed by atoms with Crippen molar-refractivity contribution >= 4 is 11.8 Å². The average Bonchev–Trinajstić information content (AvgIpc) is 3.01. The van der Waals surface area contributed by atoms with E-state index in [2.05, 4.69) is 39.9 Å². The van der Waals surface area contributed by atoms with Crippen molar-refractivity contribution in [3.8, 4) is 0 Å². The van der Waals surface area contributed by atoms with Crippen LogP contribution in [0.5, 0.6) is 0 Å². The van der Waals surface area contributed by atoms with Crippen molar-refractivity contribution < 1.29 is 9.59 Å². The molecule has 2 heterocycles. The molecule has 2 aliphatic rings. The summed E-state index contributed by atoms with van der Waals surface area (Å²) < 4.78 is 0. The van der Waals surface area contributed by atoms with Crippen molar-refractivity contribution in [1.82, 2.24) is 10.2 Å². The summed E-state index contributed by atoms with van der Waals surface area (Å²) in [5.74, 6) is 0.0904. The van der Waals surface area contributed by atoms with Crippen LogP contribution in [-0.4, -0.2) is 46.9 Å². The molecule has 0 spiro atoms. The molecule has 1 atom stereocenters. The maximum absolute atomic E-state index is 13.0. The number of carbonyl (C=O) groups excluding carboxylic acids is 2. The number of hydrogen-bond donors (Lipinski definition) is 3. The molecule has 2 rings (SSSR count). The molecule has 0 saturated carbocycles. The first-order chi connectivity index (χ1) is 16.1.